The lowest BCUT2D eigenvalue weighted by atomic mass is 9.99. The van der Waals surface area contributed by atoms with Crippen LogP contribution in [0.5, 0.6) is 0 Å². The molecule has 8 rings (SSSR count). The predicted octanol–water partition coefficient (Wildman–Crippen LogP) is 8.59. The molecule has 2 aromatic rings. The van der Waals surface area contributed by atoms with Crippen LogP contribution < -0.4 is 9.80 Å². The van der Waals surface area contributed by atoms with E-state index in [1.165, 1.54) is 11.3 Å². The van der Waals surface area contributed by atoms with Gasteiger partial charge in [-0.15, -0.1) is 0 Å². The summed E-state index contributed by atoms with van der Waals surface area (Å²) in [6.45, 7) is 0.733. The van der Waals surface area contributed by atoms with Crippen LogP contribution in [-0.4, -0.2) is 6.54 Å². The molecule has 2 aromatic carbocycles. The Morgan fingerprint density at radius 1 is 0.628 bits per heavy atom. The highest BCUT2D eigenvalue weighted by atomic mass is 16.5. The van der Waals surface area contributed by atoms with Crippen molar-refractivity contribution in [3.8, 4) is 0 Å². The molecule has 0 spiro atoms. The van der Waals surface area contributed by atoms with E-state index in [1.807, 2.05) is 24.3 Å². The van der Waals surface area contributed by atoms with Crippen LogP contribution in [0.1, 0.15) is 11.1 Å². The Kier molecular flexibility index (Phi) is 6.07. The predicted molar refractivity (Wildman–Crippen MR) is 174 cm³/mol. The van der Waals surface area contributed by atoms with E-state index in [1.54, 1.807) is 0 Å². The Hall–Kier alpha value is -5.90. The highest BCUT2D eigenvalue weighted by molar-refractivity contribution is 5.89. The first-order chi connectivity index (χ1) is 21.3. The van der Waals surface area contributed by atoms with Gasteiger partial charge in [-0.25, -0.2) is 0 Å². The van der Waals surface area contributed by atoms with Gasteiger partial charge in [0.15, 0.2) is 5.76 Å². The Balaban J connectivity index is 1.19. The van der Waals surface area contributed by atoms with Gasteiger partial charge in [-0.3, -0.25) is 4.90 Å². The van der Waals surface area contributed by atoms with Crippen LogP contribution in [0, 0.1) is 0 Å². The van der Waals surface area contributed by atoms with Crippen LogP contribution in [-0.2, 0) is 11.2 Å². The van der Waals surface area contributed by atoms with E-state index in [4.69, 9.17) is 4.74 Å². The molecule has 3 nitrogen and oxygen atoms in total. The molecule has 0 N–H and O–H groups in total. The summed E-state index contributed by atoms with van der Waals surface area (Å²) >= 11 is 0. The molecule has 4 bridgehead atoms. The molecule has 0 saturated carbocycles. The highest BCUT2D eigenvalue weighted by Crippen LogP contribution is 2.39. The van der Waals surface area contributed by atoms with Crippen molar-refractivity contribution in [2.45, 2.75) is 6.42 Å². The van der Waals surface area contributed by atoms with Crippen LogP contribution in [0.3, 0.4) is 0 Å². The smallest absolute Gasteiger partial charge is 0.170 e. The highest BCUT2D eigenvalue weighted by Gasteiger charge is 2.25. The van der Waals surface area contributed by atoms with Gasteiger partial charge in [-0.2, -0.15) is 0 Å². The number of hydrogen-bond donors (Lipinski definition) is 0. The van der Waals surface area contributed by atoms with Crippen molar-refractivity contribution in [2.24, 2.45) is 0 Å². The van der Waals surface area contributed by atoms with E-state index in [0.29, 0.717) is 5.76 Å². The summed E-state index contributed by atoms with van der Waals surface area (Å²) in [5.41, 5.74) is 24.6. The summed E-state index contributed by atoms with van der Waals surface area (Å²) in [5.74, 6) is 1.42. The normalized spacial score (nSPS) is 21.2. The summed E-state index contributed by atoms with van der Waals surface area (Å²) in [4.78, 5) is 4.49. The van der Waals surface area contributed by atoms with Crippen molar-refractivity contribution in [1.29, 1.82) is 0 Å². The maximum absolute atomic E-state index is 6.39. The van der Waals surface area contributed by atoms with Crippen molar-refractivity contribution in [3.05, 3.63) is 207 Å². The fourth-order valence-corrected chi connectivity index (χ4v) is 5.88. The Morgan fingerprint density at radius 2 is 1.44 bits per heavy atom. The lowest BCUT2D eigenvalue weighted by molar-refractivity contribution is 0.331. The van der Waals surface area contributed by atoms with Crippen molar-refractivity contribution in [3.63, 3.8) is 0 Å². The van der Waals surface area contributed by atoms with Gasteiger partial charge in [0.05, 0.1) is 22.8 Å². The van der Waals surface area contributed by atoms with Gasteiger partial charge in [-0.1, -0.05) is 95.8 Å². The number of hydrogen-bond acceptors (Lipinski definition) is 3. The molecule has 0 atom stereocenters. The molecule has 0 aromatic heterocycles. The average Bonchev–Trinajstić information content (AvgIpc) is 3.33. The van der Waals surface area contributed by atoms with Crippen molar-refractivity contribution >= 4 is 16.9 Å². The number of fused-ring (bicyclic) bond motifs is 4. The first-order valence-electron chi connectivity index (χ1n) is 14.5. The second-order valence-corrected chi connectivity index (χ2v) is 10.6. The number of allylic oxidation sites excluding steroid dienone is 12. The maximum Gasteiger partial charge on any atom is 0.170 e. The molecule has 43 heavy (non-hydrogen) atoms. The molecule has 0 unspecified atom stereocenters. The molecule has 3 aliphatic heterocycles. The SMILES string of the molecule is C1=C2/C=C\C(N3C/C=C\C=C/Cc4ccccc43)=C=CC=1C1=C(C=CC(N3C4=C=C(C=CC=C4)c4ccccc43)=C=C1)O2. The van der Waals surface area contributed by atoms with E-state index < -0.39 is 0 Å². The number of anilines is 2. The van der Waals surface area contributed by atoms with Gasteiger partial charge in [0.1, 0.15) is 5.76 Å². The summed E-state index contributed by atoms with van der Waals surface area (Å²) in [6, 6.07) is 17.0. The van der Waals surface area contributed by atoms with Gasteiger partial charge in [0.25, 0.3) is 0 Å². The van der Waals surface area contributed by atoms with Crippen LogP contribution in [0.2, 0.25) is 0 Å². The third kappa shape index (κ3) is 4.55. The standard InChI is InChI=1S/C40H26N2O/c1-2-10-26-41(38-16-8-5-12-29(38)11-3-1)32-19-18-31-28-35(23-20-32)43-40-25-22-33(21-24-37(31)40)42-34-14-6-4-13-30(27-34)36-15-7-9-17-39(36)42/h1-10,12-18,20,22-25H,11,26H2/b3-1-,10-2-,23-20-. The van der Waals surface area contributed by atoms with E-state index in [0.717, 1.165) is 63.8 Å². The lowest BCUT2D eigenvalue weighted by Crippen LogP contribution is -2.22. The number of para-hydroxylation sites is 2. The fraction of sp³-hybridized carbons (Fsp3) is 0.0500. The van der Waals surface area contributed by atoms with E-state index in [2.05, 4.69) is 142 Å². The summed E-state index contributed by atoms with van der Waals surface area (Å²) in [7, 11) is 0. The Morgan fingerprint density at radius 3 is 2.42 bits per heavy atom. The Bertz CT molecular complexity index is 2090. The third-order valence-electron chi connectivity index (χ3n) is 7.94. The molecular weight excluding hydrogens is 524 g/mol. The second kappa shape index (κ2) is 10.5. The molecule has 3 heteroatoms. The largest absolute Gasteiger partial charge is 0.448 e. The molecule has 202 valence electrons. The molecule has 0 fully saturated rings. The van der Waals surface area contributed by atoms with Crippen molar-refractivity contribution in [2.75, 3.05) is 16.3 Å². The molecule has 0 saturated heterocycles. The minimum Gasteiger partial charge on any atom is -0.448 e. The van der Waals surface area contributed by atoms with E-state index in [-0.39, 0.29) is 0 Å². The number of rotatable bonds is 2. The van der Waals surface area contributed by atoms with Crippen LogP contribution in [0.25, 0.3) is 5.57 Å². The van der Waals surface area contributed by atoms with Gasteiger partial charge in [-0.05, 0) is 72.7 Å². The zero-order valence-corrected chi connectivity index (χ0v) is 23.4. The zero-order valence-electron chi connectivity index (χ0n) is 23.4. The minimum atomic E-state index is 0.664. The first kappa shape index (κ1) is 24.9. The average molecular weight is 551 g/mol. The fourth-order valence-electron chi connectivity index (χ4n) is 5.88. The second-order valence-electron chi connectivity index (χ2n) is 10.6. The zero-order chi connectivity index (χ0) is 28.6. The van der Waals surface area contributed by atoms with Crippen LogP contribution in [0.15, 0.2) is 196 Å². The molecule has 3 heterocycles. The van der Waals surface area contributed by atoms with Gasteiger partial charge >= 0.3 is 0 Å². The van der Waals surface area contributed by atoms with E-state index >= 15 is 0 Å². The maximum atomic E-state index is 6.39. The first-order valence-corrected chi connectivity index (χ1v) is 14.5. The van der Waals surface area contributed by atoms with Crippen molar-refractivity contribution in [1.82, 2.24) is 0 Å². The number of benzene rings is 2. The lowest BCUT2D eigenvalue weighted by Gasteiger charge is -2.29. The molecular formula is C40H26N2O. The summed E-state index contributed by atoms with van der Waals surface area (Å²) < 4.78 is 6.39. The van der Waals surface area contributed by atoms with Crippen LogP contribution >= 0.6 is 0 Å². The number of nitrogens with zero attached hydrogens (tertiary/aromatic N) is 2. The van der Waals surface area contributed by atoms with Gasteiger partial charge in [0, 0.05) is 34.5 Å². The molecule has 3 aliphatic carbocycles. The van der Waals surface area contributed by atoms with Gasteiger partial charge in [0.2, 0.25) is 0 Å². The monoisotopic (exact) mass is 550 g/mol. The summed E-state index contributed by atoms with van der Waals surface area (Å²) in [6.07, 6.45) is 29.9. The quantitative estimate of drug-likeness (QED) is 0.348. The van der Waals surface area contributed by atoms with Crippen LogP contribution in [0.4, 0.5) is 11.4 Å². The third-order valence-corrected chi connectivity index (χ3v) is 7.94. The molecule has 6 aliphatic rings. The minimum absolute atomic E-state index is 0.664. The number of ether oxygens (including phenoxy) is 1. The molecule has 0 radical (unpaired) electrons. The summed E-state index contributed by atoms with van der Waals surface area (Å²) in [5, 5.41) is 0. The topological polar surface area (TPSA) is 15.7 Å². The Labute approximate surface area is 251 Å². The molecule has 0 amide bonds. The van der Waals surface area contributed by atoms with E-state index in [9.17, 15) is 0 Å². The van der Waals surface area contributed by atoms with Crippen molar-refractivity contribution < 1.29 is 4.74 Å². The van der Waals surface area contributed by atoms with Gasteiger partial charge < -0.3 is 9.64 Å².